The van der Waals surface area contributed by atoms with Crippen LogP contribution in [-0.2, 0) is 6.42 Å². The lowest BCUT2D eigenvalue weighted by molar-refractivity contribution is -0.0642. The van der Waals surface area contributed by atoms with Crippen molar-refractivity contribution in [2.75, 3.05) is 6.54 Å². The van der Waals surface area contributed by atoms with Crippen molar-refractivity contribution >= 4 is 10.9 Å². The second-order valence-corrected chi connectivity index (χ2v) is 7.91. The second-order valence-electron chi connectivity index (χ2n) is 7.91. The highest BCUT2D eigenvalue weighted by Gasteiger charge is 2.42. The lowest BCUT2D eigenvalue weighted by Crippen LogP contribution is -2.52. The summed E-state index contributed by atoms with van der Waals surface area (Å²) in [5, 5.41) is 15.6. The van der Waals surface area contributed by atoms with Gasteiger partial charge in [-0.15, -0.1) is 0 Å². The Labute approximate surface area is 160 Å². The number of pyridine rings is 1. The largest absolute Gasteiger partial charge is 0.485 e. The molecule has 0 saturated carbocycles. The molecule has 2 aromatic carbocycles. The molecule has 4 nitrogen and oxygen atoms in total. The molecule has 0 aliphatic carbocycles. The Bertz CT molecular complexity index is 953. The fourth-order valence-corrected chi connectivity index (χ4v) is 3.77. The highest BCUT2D eigenvalue weighted by atomic mass is 16.5. The van der Waals surface area contributed by atoms with E-state index in [2.05, 4.69) is 40.6 Å². The Morgan fingerprint density at radius 2 is 1.93 bits per heavy atom. The van der Waals surface area contributed by atoms with Gasteiger partial charge in [-0.3, -0.25) is 4.98 Å². The SMILES string of the molecule is Cc1cnc2cc3c(cc2c1)OC(C)(C)C(O)C3NCCc1ccccc1. The molecule has 0 bridgehead atoms. The molecule has 0 spiro atoms. The minimum Gasteiger partial charge on any atom is -0.485 e. The average Bonchev–Trinajstić information content (AvgIpc) is 2.64. The molecule has 0 amide bonds. The van der Waals surface area contributed by atoms with Crippen molar-refractivity contribution in [3.63, 3.8) is 0 Å². The van der Waals surface area contributed by atoms with Crippen LogP contribution in [0, 0.1) is 6.92 Å². The molecule has 2 heterocycles. The molecule has 3 aromatic rings. The zero-order chi connectivity index (χ0) is 19.0. The Kier molecular flexibility index (Phi) is 4.62. The fourth-order valence-electron chi connectivity index (χ4n) is 3.77. The minimum atomic E-state index is -0.664. The first-order valence-electron chi connectivity index (χ1n) is 9.49. The summed E-state index contributed by atoms with van der Waals surface area (Å²) in [5.41, 5.74) is 3.63. The number of aromatic nitrogens is 1. The summed E-state index contributed by atoms with van der Waals surface area (Å²) in [6.45, 7) is 6.69. The number of fused-ring (bicyclic) bond motifs is 2. The van der Waals surface area contributed by atoms with Crippen molar-refractivity contribution < 1.29 is 9.84 Å². The summed E-state index contributed by atoms with van der Waals surface area (Å²) in [4.78, 5) is 4.55. The zero-order valence-electron chi connectivity index (χ0n) is 16.1. The molecule has 1 aromatic heterocycles. The molecule has 0 fully saturated rings. The van der Waals surface area contributed by atoms with Crippen LogP contribution in [0.4, 0.5) is 0 Å². The van der Waals surface area contributed by atoms with Gasteiger partial charge in [0.25, 0.3) is 0 Å². The number of nitrogens with one attached hydrogen (secondary N) is 1. The first-order chi connectivity index (χ1) is 12.9. The van der Waals surface area contributed by atoms with Gasteiger partial charge >= 0.3 is 0 Å². The van der Waals surface area contributed by atoms with Crippen molar-refractivity contribution in [1.29, 1.82) is 0 Å². The number of ether oxygens (including phenoxy) is 1. The van der Waals surface area contributed by atoms with Gasteiger partial charge in [0, 0.05) is 17.1 Å². The van der Waals surface area contributed by atoms with E-state index in [0.29, 0.717) is 0 Å². The van der Waals surface area contributed by atoms with Crippen molar-refractivity contribution in [2.24, 2.45) is 0 Å². The molecule has 2 unspecified atom stereocenters. The van der Waals surface area contributed by atoms with Crippen LogP contribution in [0.5, 0.6) is 5.75 Å². The van der Waals surface area contributed by atoms with Gasteiger partial charge in [0.2, 0.25) is 0 Å². The van der Waals surface area contributed by atoms with Gasteiger partial charge in [-0.1, -0.05) is 30.3 Å². The van der Waals surface area contributed by atoms with Crippen molar-refractivity contribution in [2.45, 2.75) is 44.9 Å². The van der Waals surface area contributed by atoms with Crippen LogP contribution in [-0.4, -0.2) is 28.3 Å². The third-order valence-electron chi connectivity index (χ3n) is 5.31. The van der Waals surface area contributed by atoms with Crippen LogP contribution in [0.1, 0.15) is 36.6 Å². The molecule has 4 heteroatoms. The summed E-state index contributed by atoms with van der Waals surface area (Å²) in [5.74, 6) is 0.822. The minimum absolute atomic E-state index is 0.194. The first kappa shape index (κ1) is 18.0. The number of aryl methyl sites for hydroxylation is 1. The Hall–Kier alpha value is -2.43. The molecular formula is C23H26N2O2. The summed E-state index contributed by atoms with van der Waals surface area (Å²) < 4.78 is 6.16. The topological polar surface area (TPSA) is 54.4 Å². The van der Waals surface area contributed by atoms with Gasteiger partial charge in [0.05, 0.1) is 11.6 Å². The van der Waals surface area contributed by atoms with Gasteiger partial charge in [0.1, 0.15) is 17.5 Å². The smallest absolute Gasteiger partial charge is 0.131 e. The predicted molar refractivity (Wildman–Crippen MR) is 108 cm³/mol. The number of rotatable bonds is 4. The van der Waals surface area contributed by atoms with Crippen LogP contribution in [0.3, 0.4) is 0 Å². The van der Waals surface area contributed by atoms with Crippen molar-refractivity contribution in [3.8, 4) is 5.75 Å². The van der Waals surface area contributed by atoms with E-state index in [1.54, 1.807) is 0 Å². The molecule has 27 heavy (non-hydrogen) atoms. The average molecular weight is 362 g/mol. The molecular weight excluding hydrogens is 336 g/mol. The maximum Gasteiger partial charge on any atom is 0.131 e. The van der Waals surface area contributed by atoms with E-state index in [9.17, 15) is 5.11 Å². The molecule has 2 N–H and O–H groups in total. The van der Waals surface area contributed by atoms with Gasteiger partial charge in [-0.2, -0.15) is 0 Å². The lowest BCUT2D eigenvalue weighted by Gasteiger charge is -2.42. The highest BCUT2D eigenvalue weighted by Crippen LogP contribution is 2.41. The normalized spacial score (nSPS) is 20.9. The first-order valence-corrected chi connectivity index (χ1v) is 9.49. The third-order valence-corrected chi connectivity index (χ3v) is 5.31. The Morgan fingerprint density at radius 1 is 1.15 bits per heavy atom. The molecule has 0 radical (unpaired) electrons. The van der Waals surface area contributed by atoms with Crippen molar-refractivity contribution in [1.82, 2.24) is 10.3 Å². The summed E-state index contributed by atoms with van der Waals surface area (Å²) in [7, 11) is 0. The van der Waals surface area contributed by atoms with Crippen LogP contribution in [0.15, 0.2) is 54.7 Å². The van der Waals surface area contributed by atoms with Crippen molar-refractivity contribution in [3.05, 3.63) is 71.4 Å². The highest BCUT2D eigenvalue weighted by molar-refractivity contribution is 5.82. The molecule has 140 valence electrons. The Balaban J connectivity index is 1.65. The van der Waals surface area contributed by atoms with Gasteiger partial charge < -0.3 is 15.2 Å². The number of nitrogens with zero attached hydrogens (tertiary/aromatic N) is 1. The number of hydrogen-bond donors (Lipinski definition) is 2. The molecule has 0 saturated heterocycles. The molecule has 4 rings (SSSR count). The van der Waals surface area contributed by atoms with Gasteiger partial charge in [-0.25, -0.2) is 0 Å². The number of aliphatic hydroxyl groups is 1. The van der Waals surface area contributed by atoms with E-state index in [-0.39, 0.29) is 6.04 Å². The maximum atomic E-state index is 10.9. The second kappa shape index (κ2) is 6.95. The van der Waals surface area contributed by atoms with Gasteiger partial charge in [0.15, 0.2) is 0 Å². The predicted octanol–water partition coefficient (Wildman–Crippen LogP) is 3.95. The maximum absolute atomic E-state index is 10.9. The number of aliphatic hydroxyl groups excluding tert-OH is 1. The molecule has 1 aliphatic rings. The van der Waals surface area contributed by atoms with Gasteiger partial charge in [-0.05, 0) is 63.1 Å². The van der Waals surface area contributed by atoms with E-state index in [4.69, 9.17) is 4.74 Å². The van der Waals surface area contributed by atoms with E-state index in [0.717, 1.165) is 40.7 Å². The Morgan fingerprint density at radius 3 is 2.70 bits per heavy atom. The third kappa shape index (κ3) is 3.55. The van der Waals surface area contributed by atoms with E-state index in [1.165, 1.54) is 5.56 Å². The van der Waals surface area contributed by atoms with E-state index >= 15 is 0 Å². The zero-order valence-corrected chi connectivity index (χ0v) is 16.1. The fraction of sp³-hybridized carbons (Fsp3) is 0.348. The van der Waals surface area contributed by atoms with E-state index in [1.807, 2.05) is 45.2 Å². The summed E-state index contributed by atoms with van der Waals surface area (Å²) in [6, 6.07) is 16.4. The number of hydrogen-bond acceptors (Lipinski definition) is 4. The quantitative estimate of drug-likeness (QED) is 0.738. The monoisotopic (exact) mass is 362 g/mol. The van der Waals surface area contributed by atoms with E-state index < -0.39 is 11.7 Å². The van der Waals surface area contributed by atoms with Crippen LogP contribution in [0.2, 0.25) is 0 Å². The lowest BCUT2D eigenvalue weighted by atomic mass is 9.86. The standard InChI is InChI=1S/C23H26N2O2/c1-15-11-17-12-20-18(13-19(17)25-14-15)21(22(26)23(2,3)27-20)24-10-9-16-7-5-4-6-8-16/h4-8,11-14,21-22,24,26H,9-10H2,1-3H3. The van der Waals surface area contributed by atoms with Crippen LogP contribution >= 0.6 is 0 Å². The van der Waals surface area contributed by atoms with Crippen LogP contribution in [0.25, 0.3) is 10.9 Å². The molecule has 1 aliphatic heterocycles. The van der Waals surface area contributed by atoms with Crippen LogP contribution < -0.4 is 10.1 Å². The summed E-state index contributed by atoms with van der Waals surface area (Å²) in [6.07, 6.45) is 2.13. The number of benzene rings is 2. The summed E-state index contributed by atoms with van der Waals surface area (Å²) >= 11 is 0. The molecule has 2 atom stereocenters.